The smallest absolute Gasteiger partial charge is 0.345 e. The third-order valence-corrected chi connectivity index (χ3v) is 3.81. The number of morpholine rings is 1. The Hall–Kier alpha value is -2.19. The van der Waals surface area contributed by atoms with E-state index in [1.54, 1.807) is 4.90 Å². The summed E-state index contributed by atoms with van der Waals surface area (Å²) in [5, 5.41) is 11.6. The number of ether oxygens (including phenoxy) is 2. The maximum Gasteiger partial charge on any atom is 0.345 e. The third-order valence-electron chi connectivity index (χ3n) is 3.81. The Bertz CT molecular complexity index is 604. The Morgan fingerprint density at radius 3 is 2.61 bits per heavy atom. The number of carbonyl (C=O) groups excluding carboxylic acids is 1. The van der Waals surface area contributed by atoms with Gasteiger partial charge in [0.2, 0.25) is 5.60 Å². The Balaban J connectivity index is 2.20. The second kappa shape index (κ2) is 6.93. The molecule has 1 heterocycles. The minimum absolute atomic E-state index is 0.294. The number of aliphatic carboxylic acids is 1. The molecule has 1 aliphatic rings. The summed E-state index contributed by atoms with van der Waals surface area (Å²) in [5.41, 5.74) is -1.39. The first-order valence-electron chi connectivity index (χ1n) is 7.10. The van der Waals surface area contributed by atoms with Gasteiger partial charge in [0.1, 0.15) is 5.82 Å². The zero-order valence-electron chi connectivity index (χ0n) is 13.0. The SMILES string of the molecule is COC(C)(C(=O)O)C(=O)Nc1ccc(F)c(N2CCOCC2)c1. The second-order valence-electron chi connectivity index (χ2n) is 5.26. The first-order chi connectivity index (χ1) is 10.9. The number of benzene rings is 1. The number of amides is 1. The summed E-state index contributed by atoms with van der Waals surface area (Å²) < 4.78 is 24.0. The van der Waals surface area contributed by atoms with Crippen molar-refractivity contribution in [1.82, 2.24) is 0 Å². The number of hydrogen-bond donors (Lipinski definition) is 2. The van der Waals surface area contributed by atoms with Gasteiger partial charge in [-0.3, -0.25) is 4.79 Å². The number of rotatable bonds is 5. The van der Waals surface area contributed by atoms with E-state index in [-0.39, 0.29) is 0 Å². The highest BCUT2D eigenvalue weighted by Gasteiger charge is 2.41. The van der Waals surface area contributed by atoms with E-state index in [1.807, 2.05) is 0 Å². The Morgan fingerprint density at radius 2 is 2.04 bits per heavy atom. The molecule has 126 valence electrons. The van der Waals surface area contributed by atoms with Crippen molar-refractivity contribution < 1.29 is 28.6 Å². The van der Waals surface area contributed by atoms with Crippen LogP contribution in [-0.4, -0.2) is 56.0 Å². The largest absolute Gasteiger partial charge is 0.479 e. The highest BCUT2D eigenvalue weighted by molar-refractivity contribution is 6.11. The molecule has 0 radical (unpaired) electrons. The van der Waals surface area contributed by atoms with Crippen LogP contribution in [0.2, 0.25) is 0 Å². The molecule has 0 spiro atoms. The summed E-state index contributed by atoms with van der Waals surface area (Å²) in [6.07, 6.45) is 0. The van der Waals surface area contributed by atoms with Gasteiger partial charge in [-0.25, -0.2) is 9.18 Å². The fourth-order valence-corrected chi connectivity index (χ4v) is 2.16. The molecule has 1 aromatic carbocycles. The molecule has 0 bridgehead atoms. The maximum atomic E-state index is 14.0. The fraction of sp³-hybridized carbons (Fsp3) is 0.467. The number of anilines is 2. The molecule has 1 aliphatic heterocycles. The van der Waals surface area contributed by atoms with Crippen molar-refractivity contribution in [2.45, 2.75) is 12.5 Å². The summed E-state index contributed by atoms with van der Waals surface area (Å²) >= 11 is 0. The van der Waals surface area contributed by atoms with Gasteiger partial charge in [-0.2, -0.15) is 0 Å². The number of halogens is 1. The van der Waals surface area contributed by atoms with Crippen LogP contribution in [0, 0.1) is 5.82 Å². The molecule has 0 saturated carbocycles. The van der Waals surface area contributed by atoms with Crippen LogP contribution in [0.25, 0.3) is 0 Å². The molecule has 8 heteroatoms. The molecule has 1 amide bonds. The third kappa shape index (κ3) is 3.59. The predicted octanol–water partition coefficient (Wildman–Crippen LogP) is 1.09. The van der Waals surface area contributed by atoms with Crippen LogP contribution in [0.3, 0.4) is 0 Å². The molecule has 23 heavy (non-hydrogen) atoms. The van der Waals surface area contributed by atoms with E-state index in [9.17, 15) is 14.0 Å². The zero-order chi connectivity index (χ0) is 17.0. The van der Waals surface area contributed by atoms with E-state index in [0.717, 1.165) is 14.0 Å². The number of nitrogens with zero attached hydrogens (tertiary/aromatic N) is 1. The average Bonchev–Trinajstić information content (AvgIpc) is 2.56. The predicted molar refractivity (Wildman–Crippen MR) is 81.1 cm³/mol. The molecule has 1 saturated heterocycles. The van der Waals surface area contributed by atoms with Gasteiger partial charge in [0.05, 0.1) is 18.9 Å². The van der Waals surface area contributed by atoms with E-state index in [2.05, 4.69) is 5.32 Å². The van der Waals surface area contributed by atoms with Gasteiger partial charge in [0, 0.05) is 25.9 Å². The topological polar surface area (TPSA) is 88.1 Å². The van der Waals surface area contributed by atoms with Crippen molar-refractivity contribution in [1.29, 1.82) is 0 Å². The number of carboxylic acid groups (broad SMARTS) is 1. The molecule has 0 aliphatic carbocycles. The molecule has 2 rings (SSSR count). The van der Waals surface area contributed by atoms with Crippen LogP contribution >= 0.6 is 0 Å². The molecule has 1 fully saturated rings. The minimum Gasteiger partial charge on any atom is -0.479 e. The number of methoxy groups -OCH3 is 1. The Labute approximate surface area is 133 Å². The zero-order valence-corrected chi connectivity index (χ0v) is 13.0. The number of carboxylic acids is 1. The molecule has 7 nitrogen and oxygen atoms in total. The molecule has 1 unspecified atom stereocenters. The lowest BCUT2D eigenvalue weighted by Gasteiger charge is -2.29. The normalized spacial score (nSPS) is 17.4. The number of hydrogen-bond acceptors (Lipinski definition) is 5. The molecule has 2 N–H and O–H groups in total. The van der Waals surface area contributed by atoms with E-state index in [0.29, 0.717) is 37.7 Å². The monoisotopic (exact) mass is 326 g/mol. The summed E-state index contributed by atoms with van der Waals surface area (Å²) in [7, 11) is 1.14. The standard InChI is InChI=1S/C15H19FN2O5/c1-15(22-2,14(20)21)13(19)17-10-3-4-11(16)12(9-10)18-5-7-23-8-6-18/h3-4,9H,5-8H2,1-2H3,(H,17,19)(H,20,21). The van der Waals surface area contributed by atoms with Gasteiger partial charge in [0.25, 0.3) is 5.91 Å². The van der Waals surface area contributed by atoms with Gasteiger partial charge in [0.15, 0.2) is 0 Å². The Morgan fingerprint density at radius 1 is 1.39 bits per heavy atom. The van der Waals surface area contributed by atoms with Crippen LogP contribution < -0.4 is 10.2 Å². The van der Waals surface area contributed by atoms with E-state index in [1.165, 1.54) is 18.2 Å². The number of carbonyl (C=O) groups is 2. The van der Waals surface area contributed by atoms with Gasteiger partial charge in [-0.15, -0.1) is 0 Å². The molecule has 1 aromatic rings. The van der Waals surface area contributed by atoms with Crippen molar-refractivity contribution in [3.05, 3.63) is 24.0 Å². The lowest BCUT2D eigenvalue weighted by Crippen LogP contribution is -2.48. The summed E-state index contributed by atoms with van der Waals surface area (Å²) in [6.45, 7) is 3.23. The summed E-state index contributed by atoms with van der Waals surface area (Å²) in [4.78, 5) is 25.1. The van der Waals surface area contributed by atoms with Crippen LogP contribution in [0.5, 0.6) is 0 Å². The van der Waals surface area contributed by atoms with Gasteiger partial charge in [-0.1, -0.05) is 0 Å². The lowest BCUT2D eigenvalue weighted by atomic mass is 10.1. The quantitative estimate of drug-likeness (QED) is 0.788. The van der Waals surface area contributed by atoms with Crippen molar-refractivity contribution >= 4 is 23.3 Å². The van der Waals surface area contributed by atoms with Crippen molar-refractivity contribution in [2.24, 2.45) is 0 Å². The number of nitrogens with one attached hydrogen (secondary N) is 1. The van der Waals surface area contributed by atoms with Crippen molar-refractivity contribution in [3.63, 3.8) is 0 Å². The molecular formula is C15H19FN2O5. The first-order valence-corrected chi connectivity index (χ1v) is 7.10. The summed E-state index contributed by atoms with van der Waals surface area (Å²) in [6, 6.07) is 4.07. The van der Waals surface area contributed by atoms with Gasteiger partial charge in [-0.05, 0) is 25.1 Å². The second-order valence-corrected chi connectivity index (χ2v) is 5.26. The molecular weight excluding hydrogens is 307 g/mol. The van der Waals surface area contributed by atoms with E-state index < -0.39 is 23.3 Å². The maximum absolute atomic E-state index is 14.0. The highest BCUT2D eigenvalue weighted by Crippen LogP contribution is 2.25. The van der Waals surface area contributed by atoms with Crippen LogP contribution in [0.4, 0.5) is 15.8 Å². The first kappa shape index (κ1) is 17.2. The minimum atomic E-state index is -2.02. The average molecular weight is 326 g/mol. The molecule has 0 aromatic heterocycles. The Kier molecular flexibility index (Phi) is 5.17. The van der Waals surface area contributed by atoms with Crippen LogP contribution in [-0.2, 0) is 19.1 Å². The van der Waals surface area contributed by atoms with Crippen LogP contribution in [0.15, 0.2) is 18.2 Å². The van der Waals surface area contributed by atoms with Crippen LogP contribution in [0.1, 0.15) is 6.92 Å². The summed E-state index contributed by atoms with van der Waals surface area (Å²) in [5.74, 6) is -2.67. The van der Waals surface area contributed by atoms with Crippen molar-refractivity contribution in [3.8, 4) is 0 Å². The fourth-order valence-electron chi connectivity index (χ4n) is 2.16. The molecule has 1 atom stereocenters. The van der Waals surface area contributed by atoms with Gasteiger partial charge >= 0.3 is 5.97 Å². The van der Waals surface area contributed by atoms with E-state index in [4.69, 9.17) is 14.6 Å². The van der Waals surface area contributed by atoms with E-state index >= 15 is 0 Å². The highest BCUT2D eigenvalue weighted by atomic mass is 19.1. The van der Waals surface area contributed by atoms with Crippen molar-refractivity contribution in [2.75, 3.05) is 43.6 Å². The lowest BCUT2D eigenvalue weighted by molar-refractivity contribution is -0.165. The van der Waals surface area contributed by atoms with Gasteiger partial charge < -0.3 is 24.8 Å².